The lowest BCUT2D eigenvalue weighted by molar-refractivity contribution is -0.159. The van der Waals surface area contributed by atoms with Crippen LogP contribution in [-0.2, 0) is 9.59 Å². The molecule has 0 saturated carbocycles. The smallest absolute Gasteiger partial charge is 0.335 e. The van der Waals surface area contributed by atoms with E-state index in [4.69, 9.17) is 25.5 Å². The molecule has 0 heterocycles. The first-order chi connectivity index (χ1) is 9.50. The molecule has 0 radical (unpaired) electrons. The van der Waals surface area contributed by atoms with E-state index in [0.29, 0.717) is 12.3 Å². The second-order valence-corrected chi connectivity index (χ2v) is 5.69. The molecular formula is C14H28O7. The van der Waals surface area contributed by atoms with Crippen molar-refractivity contribution >= 4 is 11.9 Å². The third kappa shape index (κ3) is 12.3. The number of aliphatic hydroxyl groups excluding tert-OH is 3. The zero-order valence-electron chi connectivity index (χ0n) is 13.1. The van der Waals surface area contributed by atoms with Gasteiger partial charge in [-0.15, -0.1) is 0 Å². The fourth-order valence-electron chi connectivity index (χ4n) is 1.39. The largest absolute Gasteiger partial charge is 0.481 e. The Morgan fingerprint density at radius 1 is 0.905 bits per heavy atom. The van der Waals surface area contributed by atoms with E-state index in [1.165, 1.54) is 0 Å². The van der Waals surface area contributed by atoms with Crippen molar-refractivity contribution in [2.24, 2.45) is 11.8 Å². The molecule has 0 saturated heterocycles. The fourth-order valence-corrected chi connectivity index (χ4v) is 1.39. The number of aliphatic hydroxyl groups is 3. The van der Waals surface area contributed by atoms with Gasteiger partial charge in [-0.3, -0.25) is 4.79 Å². The molecule has 0 aliphatic rings. The highest BCUT2D eigenvalue weighted by Gasteiger charge is 2.31. The van der Waals surface area contributed by atoms with E-state index in [2.05, 4.69) is 13.8 Å². The molecule has 0 aromatic carbocycles. The molecule has 7 nitrogen and oxygen atoms in total. The first-order valence-electron chi connectivity index (χ1n) is 6.99. The van der Waals surface area contributed by atoms with Gasteiger partial charge >= 0.3 is 11.9 Å². The minimum Gasteiger partial charge on any atom is -0.481 e. The van der Waals surface area contributed by atoms with Crippen LogP contribution in [0.3, 0.4) is 0 Å². The summed E-state index contributed by atoms with van der Waals surface area (Å²) in [5.74, 6) is -1.89. The Labute approximate surface area is 125 Å². The predicted molar refractivity (Wildman–Crippen MR) is 76.8 cm³/mol. The van der Waals surface area contributed by atoms with Crippen LogP contribution >= 0.6 is 0 Å². The van der Waals surface area contributed by atoms with E-state index in [1.807, 2.05) is 0 Å². The molecule has 0 rings (SSSR count). The first-order valence-corrected chi connectivity index (χ1v) is 6.99. The summed E-state index contributed by atoms with van der Waals surface area (Å²) in [5, 5.41) is 43.5. The molecule has 0 aromatic heterocycles. The molecule has 0 spiro atoms. The topological polar surface area (TPSA) is 135 Å². The van der Waals surface area contributed by atoms with Gasteiger partial charge in [-0.1, -0.05) is 34.1 Å². The molecule has 0 aromatic rings. The number of carboxylic acids is 2. The van der Waals surface area contributed by atoms with Gasteiger partial charge in [0.05, 0.1) is 6.10 Å². The number of hydrogen-bond acceptors (Lipinski definition) is 5. The molecule has 0 fully saturated rings. The fraction of sp³-hybridized carbons (Fsp3) is 0.857. The van der Waals surface area contributed by atoms with E-state index in [9.17, 15) is 9.59 Å². The van der Waals surface area contributed by atoms with Crippen LogP contribution in [0.25, 0.3) is 0 Å². The number of hydrogen-bond donors (Lipinski definition) is 5. The monoisotopic (exact) mass is 308 g/mol. The van der Waals surface area contributed by atoms with Gasteiger partial charge in [0.15, 0.2) is 6.10 Å². The average Bonchev–Trinajstić information content (AvgIpc) is 2.35. The highest BCUT2D eigenvalue weighted by Crippen LogP contribution is 2.09. The molecule has 7 heteroatoms. The molecule has 0 bridgehead atoms. The van der Waals surface area contributed by atoms with Gasteiger partial charge < -0.3 is 25.5 Å². The second-order valence-electron chi connectivity index (χ2n) is 5.69. The maximum Gasteiger partial charge on any atom is 0.335 e. The molecule has 3 atom stereocenters. The Morgan fingerprint density at radius 2 is 1.38 bits per heavy atom. The highest BCUT2D eigenvalue weighted by atomic mass is 16.4. The summed E-state index contributed by atoms with van der Waals surface area (Å²) in [5.41, 5.74) is 0. The third-order valence-corrected chi connectivity index (χ3v) is 2.78. The zero-order valence-corrected chi connectivity index (χ0v) is 13.1. The summed E-state index contributed by atoms with van der Waals surface area (Å²) in [4.78, 5) is 20.1. The van der Waals surface area contributed by atoms with Crippen molar-refractivity contribution in [2.75, 3.05) is 0 Å². The van der Waals surface area contributed by atoms with Crippen LogP contribution in [-0.4, -0.2) is 55.8 Å². The van der Waals surface area contributed by atoms with E-state index in [-0.39, 0.29) is 5.92 Å². The van der Waals surface area contributed by atoms with Gasteiger partial charge in [-0.25, -0.2) is 4.79 Å². The van der Waals surface area contributed by atoms with Crippen molar-refractivity contribution in [1.82, 2.24) is 0 Å². The van der Waals surface area contributed by atoms with E-state index >= 15 is 0 Å². The lowest BCUT2D eigenvalue weighted by Gasteiger charge is -2.22. The van der Waals surface area contributed by atoms with Crippen molar-refractivity contribution in [2.45, 2.75) is 65.3 Å². The van der Waals surface area contributed by atoms with Crippen LogP contribution in [0.1, 0.15) is 47.0 Å². The molecule has 0 aliphatic heterocycles. The van der Waals surface area contributed by atoms with Crippen molar-refractivity contribution < 1.29 is 35.1 Å². The highest BCUT2D eigenvalue weighted by molar-refractivity contribution is 5.72. The van der Waals surface area contributed by atoms with Gasteiger partial charge in [0.2, 0.25) is 0 Å². The Bertz CT molecular complexity index is 302. The second kappa shape index (κ2) is 11.5. The SMILES string of the molecule is CC(C)C(O)C(O)C(O)C(=O)O.CC(C)CCCC(=O)O. The Morgan fingerprint density at radius 3 is 1.67 bits per heavy atom. The Hall–Kier alpha value is -1.18. The van der Waals surface area contributed by atoms with Crippen molar-refractivity contribution in [3.63, 3.8) is 0 Å². The lowest BCUT2D eigenvalue weighted by Crippen LogP contribution is -2.44. The maximum absolute atomic E-state index is 10.1. The minimum absolute atomic E-state index is 0.297. The van der Waals surface area contributed by atoms with Gasteiger partial charge in [-0.2, -0.15) is 0 Å². The summed E-state index contributed by atoms with van der Waals surface area (Å²) in [6.07, 6.45) is -2.64. The quantitative estimate of drug-likeness (QED) is 0.445. The normalized spacial score (nSPS) is 15.1. The van der Waals surface area contributed by atoms with Crippen LogP contribution in [0, 0.1) is 11.8 Å². The third-order valence-electron chi connectivity index (χ3n) is 2.78. The summed E-state index contributed by atoms with van der Waals surface area (Å²) in [6, 6.07) is 0. The predicted octanol–water partition coefficient (Wildman–Crippen LogP) is 0.707. The Kier molecular flexibility index (Phi) is 12.1. The van der Waals surface area contributed by atoms with Crippen LogP contribution in [0.5, 0.6) is 0 Å². The summed E-state index contributed by atoms with van der Waals surface area (Å²) in [7, 11) is 0. The molecular weight excluding hydrogens is 280 g/mol. The van der Waals surface area contributed by atoms with Gasteiger partial charge in [0.25, 0.3) is 0 Å². The molecule has 3 unspecified atom stereocenters. The molecule has 0 amide bonds. The van der Waals surface area contributed by atoms with Gasteiger partial charge in [0, 0.05) is 6.42 Å². The van der Waals surface area contributed by atoms with Gasteiger partial charge in [-0.05, 0) is 18.3 Å². The number of carboxylic acid groups (broad SMARTS) is 2. The van der Waals surface area contributed by atoms with Crippen LogP contribution in [0.15, 0.2) is 0 Å². The summed E-state index contributed by atoms with van der Waals surface area (Å²) >= 11 is 0. The minimum atomic E-state index is -1.93. The average molecular weight is 308 g/mol. The summed E-state index contributed by atoms with van der Waals surface area (Å²) in [6.45, 7) is 7.43. The lowest BCUT2D eigenvalue weighted by atomic mass is 9.98. The van der Waals surface area contributed by atoms with E-state index < -0.39 is 30.3 Å². The van der Waals surface area contributed by atoms with Crippen LogP contribution in [0.2, 0.25) is 0 Å². The standard InChI is InChI=1S/C7H14O5.C7H14O2/c1-3(2)4(8)5(9)6(10)7(11)12;1-6(2)4-3-5-7(8)9/h3-6,8-10H,1-2H3,(H,11,12);6H,3-5H2,1-2H3,(H,8,9). The van der Waals surface area contributed by atoms with Crippen LogP contribution in [0.4, 0.5) is 0 Å². The van der Waals surface area contributed by atoms with Crippen molar-refractivity contribution in [3.8, 4) is 0 Å². The summed E-state index contributed by atoms with van der Waals surface area (Å²) < 4.78 is 0. The number of carbonyl (C=O) groups is 2. The maximum atomic E-state index is 10.1. The number of rotatable bonds is 8. The zero-order chi connectivity index (χ0) is 17.2. The first kappa shape index (κ1) is 22.1. The molecule has 0 aliphatic carbocycles. The molecule has 5 N–H and O–H groups in total. The molecule has 126 valence electrons. The van der Waals surface area contributed by atoms with Crippen molar-refractivity contribution in [3.05, 3.63) is 0 Å². The van der Waals surface area contributed by atoms with E-state index in [1.54, 1.807) is 13.8 Å². The number of aliphatic carboxylic acids is 2. The van der Waals surface area contributed by atoms with Crippen molar-refractivity contribution in [1.29, 1.82) is 0 Å². The van der Waals surface area contributed by atoms with Crippen LogP contribution < -0.4 is 0 Å². The van der Waals surface area contributed by atoms with Gasteiger partial charge in [0.1, 0.15) is 6.10 Å². The Balaban J connectivity index is 0. The van der Waals surface area contributed by atoms with E-state index in [0.717, 1.165) is 12.8 Å². The molecule has 21 heavy (non-hydrogen) atoms.